The monoisotopic (exact) mass is 621 g/mol. The molecule has 0 saturated heterocycles. The van der Waals surface area contributed by atoms with Gasteiger partial charge in [-0.05, 0) is 35.1 Å². The first-order valence-corrected chi connectivity index (χ1v) is 10.8. The van der Waals surface area contributed by atoms with Gasteiger partial charge in [0.1, 0.15) is 5.69 Å². The third-order valence-electron chi connectivity index (χ3n) is 5.58. The van der Waals surface area contributed by atoms with E-state index in [1.54, 1.807) is 6.20 Å². The molecule has 6 heteroatoms. The zero-order chi connectivity index (χ0) is 22.0. The van der Waals surface area contributed by atoms with Crippen molar-refractivity contribution in [1.29, 1.82) is 0 Å². The number of hydrogen-bond acceptors (Lipinski definition) is 3. The summed E-state index contributed by atoms with van der Waals surface area (Å²) >= 11 is 0. The number of para-hydroxylation sites is 1. The van der Waals surface area contributed by atoms with Gasteiger partial charge < -0.3 is 4.90 Å². The number of fused-ring (bicyclic) bond motifs is 1. The number of nitrogens with zero attached hydrogens (tertiary/aromatic N) is 5. The van der Waals surface area contributed by atoms with Gasteiger partial charge in [-0.25, -0.2) is 0 Å². The number of azo groups is 2. The van der Waals surface area contributed by atoms with E-state index in [0.717, 1.165) is 28.4 Å². The quantitative estimate of drug-likeness (QED) is 0.190. The summed E-state index contributed by atoms with van der Waals surface area (Å²) in [7, 11) is 0. The van der Waals surface area contributed by atoms with Gasteiger partial charge in [-0.2, -0.15) is 17.2 Å². The number of allylic oxidation sites excluding steroid dienone is 2. The minimum Gasteiger partial charge on any atom is -0.358 e. The molecule has 166 valence electrons. The summed E-state index contributed by atoms with van der Waals surface area (Å²) in [5.74, 6) is 0. The second kappa shape index (κ2) is 9.58. The molecule has 1 unspecified atom stereocenters. The van der Waals surface area contributed by atoms with Crippen LogP contribution in [0, 0.1) is 12.1 Å². The molecule has 0 fully saturated rings. The van der Waals surface area contributed by atoms with Crippen LogP contribution in [0.2, 0.25) is 0 Å². The van der Waals surface area contributed by atoms with Gasteiger partial charge in [0.2, 0.25) is 6.20 Å². The molecule has 5 nitrogen and oxygen atoms in total. The van der Waals surface area contributed by atoms with Gasteiger partial charge in [-0.15, -0.1) is 24.3 Å². The number of rotatable bonds is 5. The molecular formula is C28H20N5Pt+. The molecule has 6 rings (SSSR count). The van der Waals surface area contributed by atoms with Crippen LogP contribution in [-0.4, -0.2) is 20.5 Å². The number of aromatic nitrogens is 2. The summed E-state index contributed by atoms with van der Waals surface area (Å²) < 4.78 is 3.72. The van der Waals surface area contributed by atoms with Crippen molar-refractivity contribution in [2.45, 2.75) is 6.04 Å². The molecule has 0 bridgehead atoms. The van der Waals surface area contributed by atoms with E-state index >= 15 is 0 Å². The second-order valence-electron chi connectivity index (χ2n) is 7.74. The summed E-state index contributed by atoms with van der Waals surface area (Å²) in [6, 6.07) is 31.5. The Balaban J connectivity index is 0.00000241. The smallest absolute Gasteiger partial charge is 0.358 e. The maximum Gasteiger partial charge on any atom is 2.00 e. The first-order valence-electron chi connectivity index (χ1n) is 10.8. The number of benzene rings is 3. The van der Waals surface area contributed by atoms with Crippen LogP contribution in [0.4, 0.5) is 22.7 Å². The van der Waals surface area contributed by atoms with Crippen molar-refractivity contribution in [2.24, 2.45) is 5.11 Å². The van der Waals surface area contributed by atoms with Crippen LogP contribution >= 0.6 is 0 Å². The van der Waals surface area contributed by atoms with Gasteiger partial charge in [-0.1, -0.05) is 64.6 Å². The van der Waals surface area contributed by atoms with Crippen LogP contribution < -0.4 is 4.90 Å². The minimum atomic E-state index is 0. The molecule has 1 aromatic heterocycles. The Morgan fingerprint density at radius 2 is 1.68 bits per heavy atom. The largest absolute Gasteiger partial charge is 2.00 e. The summed E-state index contributed by atoms with van der Waals surface area (Å²) in [5.41, 5.74) is 5.77. The molecule has 1 atom stereocenters. The van der Waals surface area contributed by atoms with E-state index in [9.17, 15) is 0 Å². The van der Waals surface area contributed by atoms with Crippen LogP contribution in [0.15, 0.2) is 126 Å². The summed E-state index contributed by atoms with van der Waals surface area (Å²) in [6.45, 7) is 0. The second-order valence-corrected chi connectivity index (χ2v) is 7.74. The maximum atomic E-state index is 4.81. The van der Waals surface area contributed by atoms with E-state index in [2.05, 4.69) is 58.7 Å². The molecule has 34 heavy (non-hydrogen) atoms. The third-order valence-corrected chi connectivity index (χ3v) is 5.58. The molecule has 0 amide bonds. The van der Waals surface area contributed by atoms with Gasteiger partial charge in [0, 0.05) is 18.1 Å². The Hall–Kier alpha value is -3.82. The molecule has 0 N–H and O–H groups in total. The van der Waals surface area contributed by atoms with Crippen molar-refractivity contribution >= 4 is 22.7 Å². The predicted octanol–water partition coefficient (Wildman–Crippen LogP) is 6.43. The molecule has 3 aromatic carbocycles. The Morgan fingerprint density at radius 3 is 2.47 bits per heavy atom. The number of anilines is 3. The molecule has 0 spiro atoms. The van der Waals surface area contributed by atoms with Crippen molar-refractivity contribution < 1.29 is 25.8 Å². The summed E-state index contributed by atoms with van der Waals surface area (Å²) in [4.78, 5) is 2.15. The van der Waals surface area contributed by atoms with Crippen molar-refractivity contribution in [2.75, 3.05) is 4.90 Å². The van der Waals surface area contributed by atoms with E-state index in [0.29, 0.717) is 0 Å². The molecule has 0 radical (unpaired) electrons. The van der Waals surface area contributed by atoms with Gasteiger partial charge in [0.05, 0.1) is 5.57 Å². The Morgan fingerprint density at radius 1 is 0.853 bits per heavy atom. The molecule has 0 saturated carbocycles. The van der Waals surface area contributed by atoms with E-state index in [4.69, 9.17) is 5.11 Å². The van der Waals surface area contributed by atoms with Crippen LogP contribution in [0.1, 0.15) is 0 Å². The SMILES string of the molecule is [Pt+2].[c-]1c(N(c2[c-]c([N+]3=NC4C=CC=CC4=C3)ccc2)c2ccccc2)cccc1-n1cccn1. The Bertz CT molecular complexity index is 1420. The van der Waals surface area contributed by atoms with Crippen molar-refractivity contribution in [3.8, 4) is 5.69 Å². The van der Waals surface area contributed by atoms with Crippen LogP contribution in [0.25, 0.3) is 5.69 Å². The Kier molecular flexibility index (Phi) is 6.20. The molecule has 1 aliphatic heterocycles. The fraction of sp³-hybridized carbons (Fsp3) is 0.0357. The average molecular weight is 622 g/mol. The normalized spacial score (nSPS) is 15.8. The van der Waals surface area contributed by atoms with Crippen LogP contribution in [0.5, 0.6) is 0 Å². The predicted molar refractivity (Wildman–Crippen MR) is 128 cm³/mol. The fourth-order valence-corrected chi connectivity index (χ4v) is 4.03. The van der Waals surface area contributed by atoms with E-state index in [1.807, 2.05) is 82.3 Å². The maximum absolute atomic E-state index is 4.81. The van der Waals surface area contributed by atoms with E-state index in [1.165, 1.54) is 5.57 Å². The topological polar surface area (TPSA) is 36.4 Å². The van der Waals surface area contributed by atoms with Crippen LogP contribution in [-0.2, 0) is 21.1 Å². The van der Waals surface area contributed by atoms with E-state index in [-0.39, 0.29) is 27.1 Å². The fourth-order valence-electron chi connectivity index (χ4n) is 4.03. The standard InChI is InChI=1S/C28H20N5.Pt/c1-2-10-23(11-3-1)33(26-14-6-12-24(19-26)31-18-8-17-29-31)27-15-7-13-25(20-27)32-21-22-9-4-5-16-28(22)30-32;/h1-18,21,28H;/q-1;+2. The molecule has 1 aliphatic carbocycles. The first kappa shape index (κ1) is 22.0. The molecule has 4 aromatic rings. The van der Waals surface area contributed by atoms with Gasteiger partial charge >= 0.3 is 21.1 Å². The molecular weight excluding hydrogens is 601 g/mol. The molecule has 2 aliphatic rings. The van der Waals surface area contributed by atoms with Gasteiger partial charge in [0.25, 0.3) is 0 Å². The van der Waals surface area contributed by atoms with Crippen molar-refractivity contribution in [3.63, 3.8) is 0 Å². The zero-order valence-electron chi connectivity index (χ0n) is 18.1. The van der Waals surface area contributed by atoms with Crippen molar-refractivity contribution in [3.05, 3.63) is 133 Å². The zero-order valence-corrected chi connectivity index (χ0v) is 20.4. The summed E-state index contributed by atoms with van der Waals surface area (Å²) in [5, 5.41) is 9.16. The number of hydrogen-bond donors (Lipinski definition) is 0. The average Bonchev–Trinajstić information content (AvgIpc) is 3.56. The van der Waals surface area contributed by atoms with Crippen LogP contribution in [0.3, 0.4) is 0 Å². The third kappa shape index (κ3) is 4.23. The summed E-state index contributed by atoms with van der Waals surface area (Å²) in [6.07, 6.45) is 14.0. The van der Waals surface area contributed by atoms with Gasteiger partial charge in [0.15, 0.2) is 6.04 Å². The van der Waals surface area contributed by atoms with E-state index < -0.39 is 0 Å². The van der Waals surface area contributed by atoms with Crippen molar-refractivity contribution in [1.82, 2.24) is 9.78 Å². The molecule has 2 heterocycles. The van der Waals surface area contributed by atoms with Gasteiger partial charge in [-0.3, -0.25) is 4.68 Å². The Labute approximate surface area is 212 Å². The minimum absolute atomic E-state index is 0. The first-order chi connectivity index (χ1) is 16.3.